The number of sulfonamides is 1. The monoisotopic (exact) mass is 289 g/mol. The van der Waals surface area contributed by atoms with E-state index in [1.807, 2.05) is 0 Å². The Morgan fingerprint density at radius 1 is 1.37 bits per heavy atom. The van der Waals surface area contributed by atoms with Gasteiger partial charge in [0.15, 0.2) is 0 Å². The Bertz CT molecular complexity index is 438. The lowest BCUT2D eigenvalue weighted by Crippen LogP contribution is -2.52. The van der Waals surface area contributed by atoms with Gasteiger partial charge in [0.05, 0.1) is 12.3 Å². The Morgan fingerprint density at radius 3 is 2.68 bits per heavy atom. The lowest BCUT2D eigenvalue weighted by atomic mass is 9.92. The van der Waals surface area contributed by atoms with E-state index >= 15 is 0 Å². The van der Waals surface area contributed by atoms with E-state index < -0.39 is 10.0 Å². The highest BCUT2D eigenvalue weighted by Crippen LogP contribution is 2.23. The second-order valence-corrected chi connectivity index (χ2v) is 7.70. The molecule has 19 heavy (non-hydrogen) atoms. The largest absolute Gasteiger partial charge is 0.337 e. The van der Waals surface area contributed by atoms with Crippen LogP contribution in [0.15, 0.2) is 0 Å². The van der Waals surface area contributed by atoms with Crippen LogP contribution < -0.4 is 5.73 Å². The summed E-state index contributed by atoms with van der Waals surface area (Å²) < 4.78 is 24.7. The Balaban J connectivity index is 1.99. The third kappa shape index (κ3) is 3.27. The molecule has 2 N–H and O–H groups in total. The van der Waals surface area contributed by atoms with Gasteiger partial charge in [-0.1, -0.05) is 6.92 Å². The lowest BCUT2D eigenvalue weighted by molar-refractivity contribution is -0.135. The van der Waals surface area contributed by atoms with E-state index in [1.54, 1.807) is 4.90 Å². The van der Waals surface area contributed by atoms with Crippen LogP contribution in [-0.4, -0.2) is 61.5 Å². The molecule has 0 radical (unpaired) electrons. The van der Waals surface area contributed by atoms with E-state index in [9.17, 15) is 13.2 Å². The summed E-state index contributed by atoms with van der Waals surface area (Å²) in [6.07, 6.45) is 2.50. The summed E-state index contributed by atoms with van der Waals surface area (Å²) in [7, 11) is -3.20. The quantitative estimate of drug-likeness (QED) is 0.767. The molecule has 0 aromatic carbocycles. The third-order valence-corrected chi connectivity index (χ3v) is 5.99. The van der Waals surface area contributed by atoms with E-state index in [-0.39, 0.29) is 24.2 Å². The van der Waals surface area contributed by atoms with Crippen LogP contribution in [0.1, 0.15) is 26.2 Å². The molecule has 0 saturated carbocycles. The zero-order valence-electron chi connectivity index (χ0n) is 11.4. The van der Waals surface area contributed by atoms with Gasteiger partial charge in [-0.3, -0.25) is 4.79 Å². The number of rotatable bonds is 3. The first kappa shape index (κ1) is 14.7. The number of piperidine rings is 1. The van der Waals surface area contributed by atoms with E-state index in [0.717, 1.165) is 12.8 Å². The molecule has 6 nitrogen and oxygen atoms in total. The van der Waals surface area contributed by atoms with Gasteiger partial charge in [0.25, 0.3) is 0 Å². The Kier molecular flexibility index (Phi) is 4.47. The fourth-order valence-electron chi connectivity index (χ4n) is 2.91. The SMILES string of the molecule is CC1CCN(C(=O)CN2CCCS2(=O)=O)C(CN)C1. The van der Waals surface area contributed by atoms with Gasteiger partial charge >= 0.3 is 0 Å². The van der Waals surface area contributed by atoms with Gasteiger partial charge in [0, 0.05) is 25.7 Å². The second-order valence-electron chi connectivity index (χ2n) is 5.61. The molecule has 1 amide bonds. The van der Waals surface area contributed by atoms with Crippen molar-refractivity contribution >= 4 is 15.9 Å². The molecule has 0 spiro atoms. The molecule has 2 aliphatic heterocycles. The molecule has 2 heterocycles. The van der Waals surface area contributed by atoms with Crippen molar-refractivity contribution in [2.75, 3.05) is 31.9 Å². The maximum atomic E-state index is 12.3. The van der Waals surface area contributed by atoms with Crippen LogP contribution in [0.5, 0.6) is 0 Å². The van der Waals surface area contributed by atoms with Gasteiger partial charge in [-0.25, -0.2) is 8.42 Å². The fraction of sp³-hybridized carbons (Fsp3) is 0.917. The number of nitrogens with two attached hydrogens (primary N) is 1. The standard InChI is InChI=1S/C12H23N3O3S/c1-10-3-5-15(11(7-10)8-13)12(16)9-14-4-2-6-19(14,17)18/h10-11H,2-9,13H2,1H3. The Morgan fingerprint density at radius 2 is 2.11 bits per heavy atom. The van der Waals surface area contributed by atoms with Crippen LogP contribution in [0.4, 0.5) is 0 Å². The second kappa shape index (κ2) is 5.76. The van der Waals surface area contributed by atoms with Crippen LogP contribution >= 0.6 is 0 Å². The maximum Gasteiger partial charge on any atom is 0.238 e. The van der Waals surface area contributed by atoms with Crippen LogP contribution in [0, 0.1) is 5.92 Å². The summed E-state index contributed by atoms with van der Waals surface area (Å²) in [6.45, 7) is 3.74. The number of carbonyl (C=O) groups is 1. The summed E-state index contributed by atoms with van der Waals surface area (Å²) >= 11 is 0. The smallest absolute Gasteiger partial charge is 0.238 e. The van der Waals surface area contributed by atoms with Gasteiger partial charge in [0.2, 0.25) is 15.9 Å². The number of likely N-dealkylation sites (tertiary alicyclic amines) is 1. The predicted octanol–water partition coefficient (Wildman–Crippen LogP) is -0.392. The molecule has 0 aliphatic carbocycles. The molecule has 2 rings (SSSR count). The van der Waals surface area contributed by atoms with Gasteiger partial charge in [-0.05, 0) is 25.2 Å². The number of carbonyl (C=O) groups excluding carboxylic acids is 1. The van der Waals surface area contributed by atoms with Crippen LogP contribution in [0.2, 0.25) is 0 Å². The van der Waals surface area contributed by atoms with Crippen molar-refractivity contribution in [2.45, 2.75) is 32.2 Å². The van der Waals surface area contributed by atoms with Gasteiger partial charge in [-0.2, -0.15) is 4.31 Å². The van der Waals surface area contributed by atoms with E-state index in [0.29, 0.717) is 32.0 Å². The predicted molar refractivity (Wildman–Crippen MR) is 72.9 cm³/mol. The lowest BCUT2D eigenvalue weighted by Gasteiger charge is -2.38. The highest BCUT2D eigenvalue weighted by Gasteiger charge is 2.34. The van der Waals surface area contributed by atoms with E-state index in [1.165, 1.54) is 4.31 Å². The van der Waals surface area contributed by atoms with Gasteiger partial charge in [-0.15, -0.1) is 0 Å². The van der Waals surface area contributed by atoms with Crippen molar-refractivity contribution in [1.29, 1.82) is 0 Å². The molecule has 0 bridgehead atoms. The Labute approximate surface area is 115 Å². The number of amides is 1. The number of hydrogen-bond donors (Lipinski definition) is 1. The average molecular weight is 289 g/mol. The molecule has 2 aliphatic rings. The minimum Gasteiger partial charge on any atom is -0.337 e. The molecule has 2 atom stereocenters. The van der Waals surface area contributed by atoms with E-state index in [4.69, 9.17) is 5.73 Å². The topological polar surface area (TPSA) is 83.7 Å². The van der Waals surface area contributed by atoms with Crippen LogP contribution in [0.3, 0.4) is 0 Å². The highest BCUT2D eigenvalue weighted by atomic mass is 32.2. The van der Waals surface area contributed by atoms with Crippen molar-refractivity contribution in [2.24, 2.45) is 11.7 Å². The minimum absolute atomic E-state index is 0.0206. The van der Waals surface area contributed by atoms with Crippen molar-refractivity contribution in [3.8, 4) is 0 Å². The minimum atomic E-state index is -3.20. The maximum absolute atomic E-state index is 12.3. The first-order valence-electron chi connectivity index (χ1n) is 6.91. The molecule has 0 aromatic rings. The van der Waals surface area contributed by atoms with E-state index in [2.05, 4.69) is 6.92 Å². The van der Waals surface area contributed by atoms with Gasteiger partial charge < -0.3 is 10.6 Å². The number of hydrogen-bond acceptors (Lipinski definition) is 4. The molecule has 2 saturated heterocycles. The summed E-state index contributed by atoms with van der Waals surface area (Å²) in [5, 5.41) is 0. The van der Waals surface area contributed by atoms with Crippen molar-refractivity contribution in [3.05, 3.63) is 0 Å². The summed E-state index contributed by atoms with van der Waals surface area (Å²) in [4.78, 5) is 14.1. The van der Waals surface area contributed by atoms with Crippen molar-refractivity contribution in [1.82, 2.24) is 9.21 Å². The molecular weight excluding hydrogens is 266 g/mol. The first-order chi connectivity index (χ1) is 8.94. The summed E-state index contributed by atoms with van der Waals surface area (Å²) in [6, 6.07) is 0.0570. The number of nitrogens with zero attached hydrogens (tertiary/aromatic N) is 2. The summed E-state index contributed by atoms with van der Waals surface area (Å²) in [5.41, 5.74) is 5.73. The first-order valence-corrected chi connectivity index (χ1v) is 8.52. The zero-order valence-corrected chi connectivity index (χ0v) is 12.2. The molecule has 2 fully saturated rings. The molecule has 2 unspecified atom stereocenters. The molecule has 0 aromatic heterocycles. The van der Waals surface area contributed by atoms with Crippen LogP contribution in [-0.2, 0) is 14.8 Å². The normalized spacial score (nSPS) is 31.6. The zero-order chi connectivity index (χ0) is 14.0. The average Bonchev–Trinajstić information content (AvgIpc) is 2.68. The molecule has 7 heteroatoms. The third-order valence-electron chi connectivity index (χ3n) is 4.09. The van der Waals surface area contributed by atoms with Crippen molar-refractivity contribution < 1.29 is 13.2 Å². The molecule has 110 valence electrons. The van der Waals surface area contributed by atoms with Gasteiger partial charge in [0.1, 0.15) is 0 Å². The van der Waals surface area contributed by atoms with Crippen molar-refractivity contribution in [3.63, 3.8) is 0 Å². The highest BCUT2D eigenvalue weighted by molar-refractivity contribution is 7.89. The Hall–Kier alpha value is -0.660. The molecular formula is C12H23N3O3S. The van der Waals surface area contributed by atoms with Crippen LogP contribution in [0.25, 0.3) is 0 Å². The summed E-state index contributed by atoms with van der Waals surface area (Å²) in [5.74, 6) is 0.637. The fourth-order valence-corrected chi connectivity index (χ4v) is 4.38.